The molecule has 2 fully saturated rings. The second-order valence-corrected chi connectivity index (χ2v) is 12.7. The van der Waals surface area contributed by atoms with Crippen molar-refractivity contribution in [2.24, 2.45) is 0 Å². The van der Waals surface area contributed by atoms with Gasteiger partial charge in [0.15, 0.2) is 5.82 Å². The van der Waals surface area contributed by atoms with Gasteiger partial charge in [-0.25, -0.2) is 4.39 Å². The summed E-state index contributed by atoms with van der Waals surface area (Å²) in [5.74, 6) is -1.29. The van der Waals surface area contributed by atoms with E-state index in [4.69, 9.17) is 0 Å². The number of carbonyl (C=O) groups excluding carboxylic acids is 1. The van der Waals surface area contributed by atoms with E-state index in [1.54, 1.807) is 0 Å². The molecule has 0 bridgehead atoms. The fourth-order valence-electron chi connectivity index (χ4n) is 5.48. The predicted molar refractivity (Wildman–Crippen MR) is 157 cm³/mol. The summed E-state index contributed by atoms with van der Waals surface area (Å²) in [7, 11) is -3.18. The van der Waals surface area contributed by atoms with Gasteiger partial charge < -0.3 is 21.1 Å². The lowest BCUT2D eigenvalue weighted by molar-refractivity contribution is 0.0817. The molecule has 1 aliphatic heterocycles. The molecule has 8 nitrogen and oxygen atoms in total. The van der Waals surface area contributed by atoms with Gasteiger partial charge in [-0.2, -0.15) is 0 Å². The molecule has 0 radical (unpaired) electrons. The van der Waals surface area contributed by atoms with Gasteiger partial charge in [0.1, 0.15) is 0 Å². The first-order chi connectivity index (χ1) is 18.8. The molecule has 10 heteroatoms. The molecular formula is C29H43FN4O4S. The third kappa shape index (κ3) is 7.85. The summed E-state index contributed by atoms with van der Waals surface area (Å²) in [4.78, 5) is 13.6. The first-order valence-corrected chi connectivity index (χ1v) is 15.8. The first kappa shape index (κ1) is 29.6. The molecule has 1 heterocycles. The highest BCUT2D eigenvalue weighted by atomic mass is 32.3. The van der Waals surface area contributed by atoms with Crippen LogP contribution < -0.4 is 20.3 Å². The summed E-state index contributed by atoms with van der Waals surface area (Å²) in [6.07, 6.45) is 6.56. The molecule has 2 aliphatic rings. The Labute approximate surface area is 232 Å². The van der Waals surface area contributed by atoms with Gasteiger partial charge in [0.05, 0.1) is 29.1 Å². The summed E-state index contributed by atoms with van der Waals surface area (Å²) in [5.41, 5.74) is 1.26. The Balaban J connectivity index is 1.58. The molecule has 0 spiro atoms. The van der Waals surface area contributed by atoms with Crippen LogP contribution in [0.3, 0.4) is 0 Å². The van der Waals surface area contributed by atoms with Crippen molar-refractivity contribution in [3.63, 3.8) is 0 Å². The SMILES string of the molecule is CCNc1cc(C(=O)N[C@@H](Cc2ccccc2)[C@H](O)CNC2CCCCC2)c(F)c(N2CCCCS2(O)O)c1. The highest BCUT2D eigenvalue weighted by molar-refractivity contribution is 8.25. The zero-order valence-electron chi connectivity index (χ0n) is 22.7. The number of nitrogens with one attached hydrogen (secondary N) is 3. The van der Waals surface area contributed by atoms with Crippen molar-refractivity contribution in [2.75, 3.05) is 35.0 Å². The molecule has 2 atom stereocenters. The number of benzene rings is 2. The Morgan fingerprint density at radius 3 is 2.54 bits per heavy atom. The van der Waals surface area contributed by atoms with Gasteiger partial charge in [0.25, 0.3) is 5.91 Å². The molecule has 0 unspecified atom stereocenters. The van der Waals surface area contributed by atoms with E-state index in [-0.39, 0.29) is 23.5 Å². The molecule has 2 aromatic carbocycles. The third-order valence-corrected chi connectivity index (χ3v) is 9.55. The molecule has 6 N–H and O–H groups in total. The van der Waals surface area contributed by atoms with Crippen molar-refractivity contribution in [3.8, 4) is 0 Å². The van der Waals surface area contributed by atoms with Gasteiger partial charge in [0, 0.05) is 31.4 Å². The average Bonchev–Trinajstić information content (AvgIpc) is 2.93. The predicted octanol–water partition coefficient (Wildman–Crippen LogP) is 5.15. The van der Waals surface area contributed by atoms with E-state index in [1.807, 2.05) is 37.3 Å². The van der Waals surface area contributed by atoms with E-state index in [2.05, 4.69) is 16.0 Å². The maximum atomic E-state index is 15.9. The molecule has 1 saturated carbocycles. The van der Waals surface area contributed by atoms with Crippen LogP contribution in [0.2, 0.25) is 0 Å². The van der Waals surface area contributed by atoms with E-state index in [0.717, 1.165) is 18.4 Å². The Hall–Kier alpha value is -2.37. The highest BCUT2D eigenvalue weighted by Crippen LogP contribution is 2.51. The Bertz CT molecular complexity index is 1080. The molecule has 1 aliphatic carbocycles. The zero-order chi connectivity index (χ0) is 27.8. The lowest BCUT2D eigenvalue weighted by Gasteiger charge is -2.47. The first-order valence-electron chi connectivity index (χ1n) is 14.2. The van der Waals surface area contributed by atoms with Crippen molar-refractivity contribution >= 4 is 28.1 Å². The normalized spacial score (nSPS) is 20.2. The minimum absolute atomic E-state index is 0.00239. The van der Waals surface area contributed by atoms with Gasteiger partial charge in [-0.1, -0.05) is 49.6 Å². The fourth-order valence-corrected chi connectivity index (χ4v) is 7.16. The van der Waals surface area contributed by atoms with Gasteiger partial charge in [0.2, 0.25) is 0 Å². The van der Waals surface area contributed by atoms with Crippen LogP contribution in [0.1, 0.15) is 67.8 Å². The van der Waals surface area contributed by atoms with Crippen LogP contribution in [0.5, 0.6) is 0 Å². The third-order valence-electron chi connectivity index (χ3n) is 7.63. The van der Waals surface area contributed by atoms with Gasteiger partial charge >= 0.3 is 0 Å². The second-order valence-electron chi connectivity index (χ2n) is 10.6. The Morgan fingerprint density at radius 2 is 1.85 bits per heavy atom. The van der Waals surface area contributed by atoms with Crippen LogP contribution in [-0.4, -0.2) is 63.7 Å². The number of amides is 1. The molecule has 1 amide bonds. The van der Waals surface area contributed by atoms with E-state index in [0.29, 0.717) is 44.1 Å². The monoisotopic (exact) mass is 562 g/mol. The second kappa shape index (κ2) is 13.8. The minimum Gasteiger partial charge on any atom is -0.390 e. The number of aliphatic hydroxyl groups excluding tert-OH is 1. The summed E-state index contributed by atoms with van der Waals surface area (Å²) in [6.45, 7) is 3.05. The van der Waals surface area contributed by atoms with Crippen LogP contribution in [-0.2, 0) is 6.42 Å². The number of hydrogen-bond donors (Lipinski definition) is 6. The molecule has 0 aromatic heterocycles. The van der Waals surface area contributed by atoms with Crippen LogP contribution in [0.15, 0.2) is 42.5 Å². The number of anilines is 2. The Morgan fingerprint density at radius 1 is 1.10 bits per heavy atom. The minimum atomic E-state index is -3.18. The summed E-state index contributed by atoms with van der Waals surface area (Å²) in [5, 5.41) is 20.7. The van der Waals surface area contributed by atoms with Crippen molar-refractivity contribution < 1.29 is 23.4 Å². The molecule has 2 aromatic rings. The van der Waals surface area contributed by atoms with Crippen LogP contribution in [0, 0.1) is 5.82 Å². The lowest BCUT2D eigenvalue weighted by atomic mass is 9.95. The van der Waals surface area contributed by atoms with E-state index < -0.39 is 34.6 Å². The van der Waals surface area contributed by atoms with Gasteiger partial charge in [-0.05, 0) is 56.7 Å². The van der Waals surface area contributed by atoms with E-state index in [1.165, 1.54) is 35.7 Å². The van der Waals surface area contributed by atoms with Crippen molar-refractivity contribution in [3.05, 3.63) is 59.4 Å². The maximum Gasteiger partial charge on any atom is 0.254 e. The standard InChI is InChI=1S/C29H43FN4O4S/c1-2-31-23-18-24(28(30)26(19-23)34-15-9-10-16-39(34,37)38)29(36)33-25(17-21-11-5-3-6-12-21)27(35)20-32-22-13-7-4-8-14-22/h3,5-6,11-12,18-19,22,25,27,31-32,35,37-38H,2,4,7-10,13-17,20H2,1H3,(H,33,36)/t25-,27+/m0/s1. The van der Waals surface area contributed by atoms with Gasteiger partial charge in [-0.15, -0.1) is 10.8 Å². The number of rotatable bonds is 11. The highest BCUT2D eigenvalue weighted by Gasteiger charge is 2.32. The summed E-state index contributed by atoms with van der Waals surface area (Å²) in [6, 6.07) is 12.3. The maximum absolute atomic E-state index is 15.9. The van der Waals surface area contributed by atoms with E-state index in [9.17, 15) is 19.0 Å². The van der Waals surface area contributed by atoms with Crippen LogP contribution in [0.25, 0.3) is 0 Å². The quantitative estimate of drug-likeness (QED) is 0.224. The molecular weight excluding hydrogens is 519 g/mol. The topological polar surface area (TPSA) is 117 Å². The molecule has 39 heavy (non-hydrogen) atoms. The number of aliphatic hydroxyl groups is 1. The van der Waals surface area contributed by atoms with Gasteiger partial charge in [-0.3, -0.25) is 18.2 Å². The number of nitrogens with zero attached hydrogens (tertiary/aromatic N) is 1. The Kier molecular flexibility index (Phi) is 10.5. The number of carbonyl (C=O) groups is 1. The number of halogens is 1. The smallest absolute Gasteiger partial charge is 0.254 e. The van der Waals surface area contributed by atoms with E-state index >= 15 is 4.39 Å². The average molecular weight is 563 g/mol. The molecule has 216 valence electrons. The van der Waals surface area contributed by atoms with Crippen LogP contribution >= 0.6 is 10.8 Å². The van der Waals surface area contributed by atoms with Crippen molar-refractivity contribution in [1.29, 1.82) is 0 Å². The fraction of sp³-hybridized carbons (Fsp3) is 0.552. The van der Waals surface area contributed by atoms with Crippen molar-refractivity contribution in [2.45, 2.75) is 76.5 Å². The molecule has 1 saturated heterocycles. The van der Waals surface area contributed by atoms with Crippen LogP contribution in [0.4, 0.5) is 15.8 Å². The van der Waals surface area contributed by atoms with Crippen molar-refractivity contribution in [1.82, 2.24) is 10.6 Å². The largest absolute Gasteiger partial charge is 0.390 e. The molecule has 4 rings (SSSR count). The summed E-state index contributed by atoms with van der Waals surface area (Å²) >= 11 is 0. The summed E-state index contributed by atoms with van der Waals surface area (Å²) < 4.78 is 38.5. The zero-order valence-corrected chi connectivity index (χ0v) is 23.6. The number of hydrogen-bond acceptors (Lipinski definition) is 7. The lowest BCUT2D eigenvalue weighted by Crippen LogP contribution is -2.50.